The molecule has 8 heteroatoms. The first-order valence-corrected chi connectivity index (χ1v) is 9.85. The van der Waals surface area contributed by atoms with Crippen molar-refractivity contribution < 1.29 is 8.78 Å². The van der Waals surface area contributed by atoms with Crippen LogP contribution in [-0.4, -0.2) is 14.5 Å². The Balaban J connectivity index is 1.78. The number of hydrogen-bond donors (Lipinski definition) is 1. The van der Waals surface area contributed by atoms with Gasteiger partial charge in [-0.2, -0.15) is 0 Å². The highest BCUT2D eigenvalue weighted by Crippen LogP contribution is 2.36. The summed E-state index contributed by atoms with van der Waals surface area (Å²) < 4.78 is 28.2. The third kappa shape index (κ3) is 2.84. The lowest BCUT2D eigenvalue weighted by atomic mass is 10.1. The number of aromatic nitrogens is 3. The molecule has 30 heavy (non-hydrogen) atoms. The lowest BCUT2D eigenvalue weighted by Crippen LogP contribution is -2.33. The highest BCUT2D eigenvalue weighted by Gasteiger charge is 2.19. The average molecular weight is 421 g/mol. The largest absolute Gasteiger partial charge is 0.333 e. The van der Waals surface area contributed by atoms with E-state index in [4.69, 9.17) is 0 Å². The first-order chi connectivity index (χ1) is 14.5. The molecule has 0 bridgehead atoms. The number of aromatic amines is 1. The van der Waals surface area contributed by atoms with Gasteiger partial charge in [0.15, 0.2) is 0 Å². The Morgan fingerprint density at radius 3 is 2.60 bits per heavy atom. The number of rotatable bonds is 3. The van der Waals surface area contributed by atoms with Crippen LogP contribution in [0, 0.1) is 0 Å². The van der Waals surface area contributed by atoms with Gasteiger partial charge < -0.3 is 4.98 Å². The molecule has 0 fully saturated rings. The number of alkyl halides is 2. The number of hydrogen-bond acceptors (Lipinski definition) is 4. The maximum absolute atomic E-state index is 13.4. The standard InChI is InChI=1S/C22H13F2N3O2S/c23-20(24)15-8-4-3-7-14(15)18-9-16-19(30-18)21(28)27(22(29)26-16)17-11-25-10-12-5-1-2-6-13(12)17/h1-11,20H,(H,26,29). The fourth-order valence-electron chi connectivity index (χ4n) is 3.55. The molecule has 0 aliphatic carbocycles. The van der Waals surface area contributed by atoms with Gasteiger partial charge in [0.2, 0.25) is 0 Å². The molecule has 0 atom stereocenters. The summed E-state index contributed by atoms with van der Waals surface area (Å²) in [6, 6.07) is 15.0. The second kappa shape index (κ2) is 7.00. The van der Waals surface area contributed by atoms with E-state index >= 15 is 0 Å². The van der Waals surface area contributed by atoms with Crippen molar-refractivity contribution in [1.29, 1.82) is 0 Å². The van der Waals surface area contributed by atoms with E-state index in [1.807, 2.05) is 18.2 Å². The quantitative estimate of drug-likeness (QED) is 0.451. The SMILES string of the molecule is O=c1[nH]c2cc(-c3ccccc3C(F)F)sc2c(=O)n1-c1cncc2ccccc12. The Morgan fingerprint density at radius 1 is 1.00 bits per heavy atom. The first kappa shape index (κ1) is 18.4. The fourth-order valence-corrected chi connectivity index (χ4v) is 4.64. The van der Waals surface area contributed by atoms with Crippen LogP contribution >= 0.6 is 11.3 Å². The lowest BCUT2D eigenvalue weighted by Gasteiger charge is -2.07. The van der Waals surface area contributed by atoms with Gasteiger partial charge in [-0.15, -0.1) is 11.3 Å². The van der Waals surface area contributed by atoms with E-state index in [1.165, 1.54) is 12.3 Å². The molecule has 0 saturated carbocycles. The van der Waals surface area contributed by atoms with Crippen molar-refractivity contribution in [2.45, 2.75) is 6.43 Å². The number of benzene rings is 2. The molecule has 0 saturated heterocycles. The van der Waals surface area contributed by atoms with E-state index in [-0.39, 0.29) is 10.3 Å². The molecule has 0 radical (unpaired) electrons. The average Bonchev–Trinajstić information content (AvgIpc) is 3.18. The van der Waals surface area contributed by atoms with Crippen molar-refractivity contribution in [3.63, 3.8) is 0 Å². The van der Waals surface area contributed by atoms with E-state index in [9.17, 15) is 18.4 Å². The van der Waals surface area contributed by atoms with Gasteiger partial charge in [-0.1, -0.05) is 48.5 Å². The fraction of sp³-hybridized carbons (Fsp3) is 0.0455. The summed E-state index contributed by atoms with van der Waals surface area (Å²) >= 11 is 1.07. The van der Waals surface area contributed by atoms with Crippen LogP contribution in [0.2, 0.25) is 0 Å². The topological polar surface area (TPSA) is 67.8 Å². The van der Waals surface area contributed by atoms with Crippen LogP contribution in [0.4, 0.5) is 8.78 Å². The number of nitrogens with one attached hydrogen (secondary N) is 1. The van der Waals surface area contributed by atoms with Crippen molar-refractivity contribution in [2.75, 3.05) is 0 Å². The van der Waals surface area contributed by atoms with Crippen molar-refractivity contribution >= 4 is 32.3 Å². The molecule has 3 aromatic heterocycles. The van der Waals surface area contributed by atoms with E-state index in [0.717, 1.165) is 21.3 Å². The third-order valence-electron chi connectivity index (χ3n) is 4.92. The van der Waals surface area contributed by atoms with Crippen molar-refractivity contribution in [2.24, 2.45) is 0 Å². The predicted molar refractivity (Wildman–Crippen MR) is 114 cm³/mol. The van der Waals surface area contributed by atoms with Crippen LogP contribution in [0.1, 0.15) is 12.0 Å². The Hall–Kier alpha value is -3.65. The molecule has 1 N–H and O–H groups in total. The minimum absolute atomic E-state index is 0.120. The zero-order valence-corrected chi connectivity index (χ0v) is 16.1. The highest BCUT2D eigenvalue weighted by atomic mass is 32.1. The molecular formula is C22H13F2N3O2S. The molecule has 0 aliphatic heterocycles. The van der Waals surface area contributed by atoms with Gasteiger partial charge in [0, 0.05) is 33.0 Å². The highest BCUT2D eigenvalue weighted by molar-refractivity contribution is 7.22. The van der Waals surface area contributed by atoms with Gasteiger partial charge in [0.1, 0.15) is 4.70 Å². The monoisotopic (exact) mass is 421 g/mol. The Morgan fingerprint density at radius 2 is 1.77 bits per heavy atom. The Labute approximate surface area is 171 Å². The van der Waals surface area contributed by atoms with Crippen molar-refractivity contribution in [1.82, 2.24) is 14.5 Å². The molecule has 5 aromatic rings. The third-order valence-corrected chi connectivity index (χ3v) is 6.08. The van der Waals surface area contributed by atoms with Gasteiger partial charge in [0.25, 0.3) is 12.0 Å². The van der Waals surface area contributed by atoms with E-state index in [2.05, 4.69) is 9.97 Å². The number of fused-ring (bicyclic) bond motifs is 2. The van der Waals surface area contributed by atoms with E-state index in [1.54, 1.807) is 36.5 Å². The minimum atomic E-state index is -2.65. The number of thiophene rings is 1. The summed E-state index contributed by atoms with van der Waals surface area (Å²) in [5.74, 6) is 0. The molecule has 0 unspecified atom stereocenters. The number of halogens is 2. The first-order valence-electron chi connectivity index (χ1n) is 9.04. The summed E-state index contributed by atoms with van der Waals surface area (Å²) in [6.07, 6.45) is 0.468. The molecule has 2 aromatic carbocycles. The van der Waals surface area contributed by atoms with Crippen LogP contribution in [0.25, 0.3) is 37.1 Å². The van der Waals surface area contributed by atoms with Crippen LogP contribution in [0.3, 0.4) is 0 Å². The van der Waals surface area contributed by atoms with Crippen LogP contribution < -0.4 is 11.2 Å². The van der Waals surface area contributed by atoms with Gasteiger partial charge in [-0.3, -0.25) is 9.78 Å². The summed E-state index contributed by atoms with van der Waals surface area (Å²) in [5.41, 5.74) is -0.227. The van der Waals surface area contributed by atoms with Gasteiger partial charge in [0.05, 0.1) is 17.4 Å². The number of pyridine rings is 1. The van der Waals surface area contributed by atoms with Gasteiger partial charge in [-0.05, 0) is 6.07 Å². The number of nitrogens with zero attached hydrogens (tertiary/aromatic N) is 2. The summed E-state index contributed by atoms with van der Waals surface area (Å²) in [7, 11) is 0. The zero-order valence-electron chi connectivity index (χ0n) is 15.3. The van der Waals surface area contributed by atoms with Crippen LogP contribution in [-0.2, 0) is 0 Å². The molecular weight excluding hydrogens is 408 g/mol. The Bertz CT molecular complexity index is 1530. The molecule has 3 heterocycles. The molecule has 0 amide bonds. The normalized spacial score (nSPS) is 11.6. The summed E-state index contributed by atoms with van der Waals surface area (Å²) in [6.45, 7) is 0. The molecule has 5 rings (SSSR count). The van der Waals surface area contributed by atoms with Gasteiger partial charge in [-0.25, -0.2) is 18.1 Å². The maximum atomic E-state index is 13.4. The zero-order chi connectivity index (χ0) is 20.8. The van der Waals surface area contributed by atoms with Crippen molar-refractivity contribution in [3.05, 3.63) is 93.4 Å². The van der Waals surface area contributed by atoms with E-state index < -0.39 is 17.7 Å². The van der Waals surface area contributed by atoms with E-state index in [0.29, 0.717) is 27.0 Å². The number of H-pyrrole nitrogens is 1. The molecule has 0 spiro atoms. The lowest BCUT2D eigenvalue weighted by molar-refractivity contribution is 0.152. The molecule has 148 valence electrons. The van der Waals surface area contributed by atoms with Gasteiger partial charge >= 0.3 is 5.69 Å². The molecule has 5 nitrogen and oxygen atoms in total. The molecule has 0 aliphatic rings. The summed E-state index contributed by atoms with van der Waals surface area (Å²) in [4.78, 5) is 33.4. The minimum Gasteiger partial charge on any atom is -0.306 e. The summed E-state index contributed by atoms with van der Waals surface area (Å²) in [5, 5.41) is 1.50. The maximum Gasteiger partial charge on any atom is 0.333 e. The second-order valence-corrected chi connectivity index (χ2v) is 7.74. The Kier molecular flexibility index (Phi) is 4.29. The smallest absolute Gasteiger partial charge is 0.306 e. The predicted octanol–water partition coefficient (Wildman–Crippen LogP) is 4.89. The second-order valence-electron chi connectivity index (χ2n) is 6.69. The van der Waals surface area contributed by atoms with Crippen molar-refractivity contribution in [3.8, 4) is 16.1 Å². The van der Waals surface area contributed by atoms with Crippen LogP contribution in [0.5, 0.6) is 0 Å². The van der Waals surface area contributed by atoms with Crippen LogP contribution in [0.15, 0.2) is 76.6 Å².